The number of carbonyl (C=O) groups excluding carboxylic acids is 1. The molecule has 1 saturated carbocycles. The molecule has 0 amide bonds. The van der Waals surface area contributed by atoms with Crippen molar-refractivity contribution in [3.05, 3.63) is 0 Å². The Morgan fingerprint density at radius 1 is 1.50 bits per heavy atom. The normalized spacial score (nSPS) is 30.4. The number of esters is 1. The van der Waals surface area contributed by atoms with Crippen LogP contribution in [-0.2, 0) is 9.53 Å². The quantitative estimate of drug-likeness (QED) is 0.721. The average molecular weight is 265 g/mol. The highest BCUT2D eigenvalue weighted by molar-refractivity contribution is 8.21. The number of carbonyl (C=O) groups is 1. The Hall–Kier alpha value is 0.110. The van der Waals surface area contributed by atoms with Gasteiger partial charge in [-0.25, -0.2) is 0 Å². The summed E-state index contributed by atoms with van der Waals surface area (Å²) in [5.41, 5.74) is 0. The smallest absolute Gasteiger partial charge is 0.317 e. The van der Waals surface area contributed by atoms with Crippen LogP contribution in [0, 0.1) is 17.8 Å². The van der Waals surface area contributed by atoms with Gasteiger partial charge in [0.05, 0.1) is 0 Å². The second-order valence-electron chi connectivity index (χ2n) is 5.11. The van der Waals surface area contributed by atoms with Gasteiger partial charge in [0.15, 0.2) is 0 Å². The fourth-order valence-corrected chi connectivity index (χ4v) is 2.92. The first-order chi connectivity index (χ1) is 7.54. The van der Waals surface area contributed by atoms with E-state index in [-0.39, 0.29) is 17.8 Å². The van der Waals surface area contributed by atoms with Crippen molar-refractivity contribution in [3.63, 3.8) is 0 Å². The van der Waals surface area contributed by atoms with Gasteiger partial charge in [0.2, 0.25) is 0 Å². The minimum atomic E-state index is -0.176. The summed E-state index contributed by atoms with van der Waals surface area (Å²) < 4.78 is 5.53. The van der Waals surface area contributed by atoms with Crippen LogP contribution in [0.25, 0.3) is 0 Å². The molecule has 0 bridgehead atoms. The second-order valence-corrected chi connectivity index (χ2v) is 6.27. The first kappa shape index (κ1) is 14.2. The molecule has 94 valence electrons. The molecule has 1 rings (SSSR count). The SMILES string of the molecule is CC(C)[C@@H]1CC[C@@H](C)C[C@H]1OC(=O)CSCl. The third-order valence-corrected chi connectivity index (χ3v) is 4.09. The largest absolute Gasteiger partial charge is 0.461 e. The summed E-state index contributed by atoms with van der Waals surface area (Å²) in [6, 6.07) is 0. The maximum Gasteiger partial charge on any atom is 0.317 e. The summed E-state index contributed by atoms with van der Waals surface area (Å²) in [5, 5.41) is 0. The van der Waals surface area contributed by atoms with E-state index < -0.39 is 0 Å². The van der Waals surface area contributed by atoms with E-state index in [2.05, 4.69) is 20.8 Å². The Morgan fingerprint density at radius 3 is 2.75 bits per heavy atom. The highest BCUT2D eigenvalue weighted by atomic mass is 35.7. The number of halogens is 1. The zero-order valence-electron chi connectivity index (χ0n) is 10.2. The lowest BCUT2D eigenvalue weighted by molar-refractivity contribution is -0.152. The Labute approximate surface area is 107 Å². The van der Waals surface area contributed by atoms with Gasteiger partial charge in [-0.2, -0.15) is 0 Å². The van der Waals surface area contributed by atoms with E-state index in [9.17, 15) is 4.79 Å². The Balaban J connectivity index is 2.54. The van der Waals surface area contributed by atoms with Crippen molar-refractivity contribution in [2.45, 2.75) is 46.1 Å². The van der Waals surface area contributed by atoms with Crippen molar-refractivity contribution in [1.29, 1.82) is 0 Å². The summed E-state index contributed by atoms with van der Waals surface area (Å²) in [4.78, 5) is 11.5. The standard InChI is InChI=1S/C12H21ClO2S/c1-8(2)10-5-4-9(3)6-11(10)15-12(14)7-16-13/h8-11H,4-7H2,1-3H3/t9-,10+,11-/m1/s1. The van der Waals surface area contributed by atoms with Crippen molar-refractivity contribution in [3.8, 4) is 0 Å². The number of rotatable bonds is 4. The Kier molecular flexibility index (Phi) is 5.98. The predicted octanol–water partition coefficient (Wildman–Crippen LogP) is 3.88. The van der Waals surface area contributed by atoms with Crippen LogP contribution < -0.4 is 0 Å². The molecule has 0 aliphatic heterocycles. The van der Waals surface area contributed by atoms with E-state index in [1.54, 1.807) is 0 Å². The maximum absolute atomic E-state index is 11.5. The van der Waals surface area contributed by atoms with Crippen molar-refractivity contribution in [2.24, 2.45) is 17.8 Å². The van der Waals surface area contributed by atoms with Gasteiger partial charge in [0.1, 0.15) is 11.9 Å². The van der Waals surface area contributed by atoms with Crippen molar-refractivity contribution in [1.82, 2.24) is 0 Å². The van der Waals surface area contributed by atoms with Crippen LogP contribution >= 0.6 is 21.7 Å². The lowest BCUT2D eigenvalue weighted by atomic mass is 9.75. The minimum Gasteiger partial charge on any atom is -0.461 e. The zero-order valence-corrected chi connectivity index (χ0v) is 11.8. The molecule has 1 aliphatic carbocycles. The van der Waals surface area contributed by atoms with Crippen LogP contribution in [0.1, 0.15) is 40.0 Å². The molecule has 1 fully saturated rings. The van der Waals surface area contributed by atoms with Crippen molar-refractivity contribution < 1.29 is 9.53 Å². The molecule has 0 aromatic carbocycles. The van der Waals surface area contributed by atoms with E-state index in [0.29, 0.717) is 17.8 Å². The van der Waals surface area contributed by atoms with Crippen LogP contribution in [0.3, 0.4) is 0 Å². The molecule has 16 heavy (non-hydrogen) atoms. The average Bonchev–Trinajstić information content (AvgIpc) is 2.17. The van der Waals surface area contributed by atoms with Gasteiger partial charge in [-0.15, -0.1) is 0 Å². The van der Waals surface area contributed by atoms with Gasteiger partial charge in [-0.1, -0.05) is 27.2 Å². The third kappa shape index (κ3) is 4.17. The molecular weight excluding hydrogens is 244 g/mol. The predicted molar refractivity (Wildman–Crippen MR) is 69.5 cm³/mol. The molecule has 4 heteroatoms. The van der Waals surface area contributed by atoms with Gasteiger partial charge in [-0.05, 0) is 52.3 Å². The van der Waals surface area contributed by atoms with Crippen LogP contribution in [0.15, 0.2) is 0 Å². The molecule has 0 aromatic rings. The lowest BCUT2D eigenvalue weighted by Crippen LogP contribution is -2.36. The van der Waals surface area contributed by atoms with Gasteiger partial charge < -0.3 is 4.74 Å². The fourth-order valence-electron chi connectivity index (χ4n) is 2.50. The molecule has 0 radical (unpaired) electrons. The molecule has 0 heterocycles. The fraction of sp³-hybridized carbons (Fsp3) is 0.917. The molecule has 0 aromatic heterocycles. The van der Waals surface area contributed by atoms with E-state index in [4.69, 9.17) is 15.4 Å². The topological polar surface area (TPSA) is 26.3 Å². The van der Waals surface area contributed by atoms with Gasteiger partial charge >= 0.3 is 5.97 Å². The molecule has 0 saturated heterocycles. The Bertz CT molecular complexity index is 233. The molecule has 0 unspecified atom stereocenters. The van der Waals surface area contributed by atoms with E-state index in [1.165, 1.54) is 12.8 Å². The molecule has 0 spiro atoms. The summed E-state index contributed by atoms with van der Waals surface area (Å²) in [5.74, 6) is 1.83. The van der Waals surface area contributed by atoms with Crippen molar-refractivity contribution in [2.75, 3.05) is 5.75 Å². The third-order valence-electron chi connectivity index (χ3n) is 3.42. The first-order valence-corrected chi connectivity index (χ1v) is 7.78. The molecular formula is C12H21ClO2S. The summed E-state index contributed by atoms with van der Waals surface area (Å²) >= 11 is 0. The van der Waals surface area contributed by atoms with E-state index in [0.717, 1.165) is 17.4 Å². The molecule has 2 nitrogen and oxygen atoms in total. The number of hydrogen-bond donors (Lipinski definition) is 0. The highest BCUT2D eigenvalue weighted by Crippen LogP contribution is 2.35. The lowest BCUT2D eigenvalue weighted by Gasteiger charge is -2.36. The first-order valence-electron chi connectivity index (χ1n) is 5.97. The monoisotopic (exact) mass is 264 g/mol. The minimum absolute atomic E-state index is 0.0973. The summed E-state index contributed by atoms with van der Waals surface area (Å²) in [7, 11) is 6.46. The molecule has 3 atom stereocenters. The van der Waals surface area contributed by atoms with Gasteiger partial charge in [-0.3, -0.25) is 4.79 Å². The van der Waals surface area contributed by atoms with E-state index >= 15 is 0 Å². The van der Waals surface area contributed by atoms with Gasteiger partial charge in [0.25, 0.3) is 0 Å². The van der Waals surface area contributed by atoms with Crippen LogP contribution in [0.5, 0.6) is 0 Å². The van der Waals surface area contributed by atoms with Gasteiger partial charge in [0, 0.05) is 0 Å². The molecule has 1 aliphatic rings. The summed E-state index contributed by atoms with van der Waals surface area (Å²) in [6.45, 7) is 6.64. The Morgan fingerprint density at radius 2 is 2.19 bits per heavy atom. The number of ether oxygens (including phenoxy) is 1. The zero-order chi connectivity index (χ0) is 12.1. The van der Waals surface area contributed by atoms with Crippen LogP contribution in [0.2, 0.25) is 0 Å². The number of hydrogen-bond acceptors (Lipinski definition) is 3. The summed E-state index contributed by atoms with van der Waals surface area (Å²) in [6.07, 6.45) is 3.52. The van der Waals surface area contributed by atoms with Crippen molar-refractivity contribution >= 4 is 27.6 Å². The second kappa shape index (κ2) is 6.75. The van der Waals surface area contributed by atoms with Crippen LogP contribution in [0.4, 0.5) is 0 Å². The molecule has 0 N–H and O–H groups in total. The maximum atomic E-state index is 11.5. The van der Waals surface area contributed by atoms with Crippen LogP contribution in [-0.4, -0.2) is 17.8 Å². The highest BCUT2D eigenvalue weighted by Gasteiger charge is 2.33. The van der Waals surface area contributed by atoms with E-state index in [1.807, 2.05) is 0 Å².